The predicted molar refractivity (Wildman–Crippen MR) is 65.9 cm³/mol. The van der Waals surface area contributed by atoms with Gasteiger partial charge in [0, 0.05) is 11.5 Å². The van der Waals surface area contributed by atoms with E-state index in [1.54, 1.807) is 13.0 Å². The third kappa shape index (κ3) is 3.52. The standard InChI is InChI=1S/C13H18N2O3/c1-4-17-12(16)9(7-14)5-11-10(15)6-13(2,3)8-18-11/h5H,4,6,8,15H2,1-3H3/b9-5+. The van der Waals surface area contributed by atoms with Crippen LogP contribution in [0, 0.1) is 16.7 Å². The number of nitrogens with zero attached hydrogens (tertiary/aromatic N) is 1. The van der Waals surface area contributed by atoms with E-state index in [1.807, 2.05) is 13.8 Å². The van der Waals surface area contributed by atoms with E-state index < -0.39 is 5.97 Å². The number of nitrogens with two attached hydrogens (primary N) is 1. The number of carbonyl (C=O) groups excluding carboxylic acids is 1. The SMILES string of the molecule is CCOC(=O)/C(C#N)=C/C1=C(N)CC(C)(C)CO1. The van der Waals surface area contributed by atoms with Gasteiger partial charge < -0.3 is 15.2 Å². The summed E-state index contributed by atoms with van der Waals surface area (Å²) in [6, 6.07) is 1.79. The van der Waals surface area contributed by atoms with Gasteiger partial charge in [0.15, 0.2) is 0 Å². The van der Waals surface area contributed by atoms with Gasteiger partial charge in [0.25, 0.3) is 0 Å². The van der Waals surface area contributed by atoms with Crippen LogP contribution in [-0.4, -0.2) is 19.2 Å². The lowest BCUT2D eigenvalue weighted by molar-refractivity contribution is -0.138. The van der Waals surface area contributed by atoms with E-state index in [-0.39, 0.29) is 17.6 Å². The van der Waals surface area contributed by atoms with Crippen LogP contribution < -0.4 is 5.73 Å². The molecule has 18 heavy (non-hydrogen) atoms. The monoisotopic (exact) mass is 250 g/mol. The maximum absolute atomic E-state index is 11.5. The van der Waals surface area contributed by atoms with Gasteiger partial charge in [-0.15, -0.1) is 0 Å². The van der Waals surface area contributed by atoms with Crippen molar-refractivity contribution in [1.82, 2.24) is 0 Å². The molecule has 0 saturated carbocycles. The van der Waals surface area contributed by atoms with Crippen LogP contribution in [0.3, 0.4) is 0 Å². The van der Waals surface area contributed by atoms with Crippen LogP contribution >= 0.6 is 0 Å². The van der Waals surface area contributed by atoms with Crippen molar-refractivity contribution in [2.75, 3.05) is 13.2 Å². The van der Waals surface area contributed by atoms with Crippen LogP contribution in [0.1, 0.15) is 27.2 Å². The Morgan fingerprint density at radius 1 is 1.67 bits per heavy atom. The third-order valence-electron chi connectivity index (χ3n) is 2.50. The number of allylic oxidation sites excluding steroid dienone is 2. The van der Waals surface area contributed by atoms with E-state index in [2.05, 4.69) is 0 Å². The van der Waals surface area contributed by atoms with Gasteiger partial charge in [-0.3, -0.25) is 0 Å². The lowest BCUT2D eigenvalue weighted by atomic mass is 9.87. The second-order valence-corrected chi connectivity index (χ2v) is 4.91. The molecule has 98 valence electrons. The Labute approximate surface area is 107 Å². The molecule has 5 nitrogen and oxygen atoms in total. The Kier molecular flexibility index (Phi) is 4.38. The van der Waals surface area contributed by atoms with E-state index in [1.165, 1.54) is 6.08 Å². The van der Waals surface area contributed by atoms with Crippen molar-refractivity contribution in [2.45, 2.75) is 27.2 Å². The van der Waals surface area contributed by atoms with E-state index in [9.17, 15) is 4.79 Å². The Morgan fingerprint density at radius 3 is 2.83 bits per heavy atom. The van der Waals surface area contributed by atoms with Gasteiger partial charge in [-0.25, -0.2) is 4.79 Å². The van der Waals surface area contributed by atoms with Crippen molar-refractivity contribution in [1.29, 1.82) is 5.26 Å². The van der Waals surface area contributed by atoms with Gasteiger partial charge in [-0.1, -0.05) is 13.8 Å². The van der Waals surface area contributed by atoms with Crippen molar-refractivity contribution >= 4 is 5.97 Å². The third-order valence-corrected chi connectivity index (χ3v) is 2.50. The van der Waals surface area contributed by atoms with Crippen LogP contribution in [0.2, 0.25) is 0 Å². The molecular weight excluding hydrogens is 232 g/mol. The fourth-order valence-electron chi connectivity index (χ4n) is 1.63. The maximum atomic E-state index is 11.5. The molecule has 1 aliphatic rings. The highest BCUT2D eigenvalue weighted by molar-refractivity contribution is 5.93. The number of hydrogen-bond acceptors (Lipinski definition) is 5. The van der Waals surface area contributed by atoms with Crippen molar-refractivity contribution in [2.24, 2.45) is 11.1 Å². The highest BCUT2D eigenvalue weighted by Crippen LogP contribution is 2.31. The highest BCUT2D eigenvalue weighted by Gasteiger charge is 2.27. The van der Waals surface area contributed by atoms with E-state index in [0.717, 1.165) is 0 Å². The largest absolute Gasteiger partial charge is 0.491 e. The number of carbonyl (C=O) groups is 1. The number of nitriles is 1. The summed E-state index contributed by atoms with van der Waals surface area (Å²) in [5, 5.41) is 8.90. The minimum absolute atomic E-state index is 0.0296. The molecule has 1 heterocycles. The number of hydrogen-bond donors (Lipinski definition) is 1. The molecule has 1 rings (SSSR count). The maximum Gasteiger partial charge on any atom is 0.349 e. The molecule has 0 saturated heterocycles. The van der Waals surface area contributed by atoms with Gasteiger partial charge in [0.1, 0.15) is 17.4 Å². The zero-order chi connectivity index (χ0) is 13.8. The van der Waals surface area contributed by atoms with Gasteiger partial charge >= 0.3 is 5.97 Å². The summed E-state index contributed by atoms with van der Waals surface area (Å²) in [6.45, 7) is 6.48. The van der Waals surface area contributed by atoms with Gasteiger partial charge in [0.05, 0.1) is 18.9 Å². The summed E-state index contributed by atoms with van der Waals surface area (Å²) in [7, 11) is 0. The predicted octanol–water partition coefficient (Wildman–Crippen LogP) is 1.62. The highest BCUT2D eigenvalue weighted by atomic mass is 16.5. The number of ether oxygens (including phenoxy) is 2. The van der Waals surface area contributed by atoms with Gasteiger partial charge in [-0.2, -0.15) is 5.26 Å². The van der Waals surface area contributed by atoms with Crippen LogP contribution in [0.4, 0.5) is 0 Å². The first-order valence-electron chi connectivity index (χ1n) is 5.80. The van der Waals surface area contributed by atoms with Crippen molar-refractivity contribution in [3.8, 4) is 6.07 Å². The lowest BCUT2D eigenvalue weighted by Gasteiger charge is -2.30. The number of rotatable bonds is 3. The van der Waals surface area contributed by atoms with E-state index in [4.69, 9.17) is 20.5 Å². The molecule has 2 N–H and O–H groups in total. The average Bonchev–Trinajstić information content (AvgIpc) is 2.27. The first kappa shape index (κ1) is 14.1. The van der Waals surface area contributed by atoms with Gasteiger partial charge in [-0.05, 0) is 13.3 Å². The van der Waals surface area contributed by atoms with E-state index >= 15 is 0 Å². The topological polar surface area (TPSA) is 85.3 Å². The van der Waals surface area contributed by atoms with Crippen molar-refractivity contribution < 1.29 is 14.3 Å². The van der Waals surface area contributed by atoms with Crippen LogP contribution in [0.25, 0.3) is 0 Å². The first-order valence-corrected chi connectivity index (χ1v) is 5.80. The molecular formula is C13H18N2O3. The fourth-order valence-corrected chi connectivity index (χ4v) is 1.63. The molecule has 0 aromatic rings. The Morgan fingerprint density at radius 2 is 2.33 bits per heavy atom. The first-order chi connectivity index (χ1) is 8.39. The van der Waals surface area contributed by atoms with Crippen LogP contribution in [0.5, 0.6) is 0 Å². The molecule has 0 atom stereocenters. The summed E-state index contributed by atoms with van der Waals surface area (Å²) >= 11 is 0. The molecule has 0 aromatic heterocycles. The van der Waals surface area contributed by atoms with Crippen LogP contribution in [-0.2, 0) is 14.3 Å². The zero-order valence-electron chi connectivity index (χ0n) is 10.9. The van der Waals surface area contributed by atoms with Crippen LogP contribution in [0.15, 0.2) is 23.1 Å². The molecule has 5 heteroatoms. The molecule has 0 aromatic carbocycles. The fraction of sp³-hybridized carbons (Fsp3) is 0.538. The molecule has 0 aliphatic carbocycles. The summed E-state index contributed by atoms with van der Waals surface area (Å²) in [6.07, 6.45) is 2.02. The number of esters is 1. The van der Waals surface area contributed by atoms with Crippen molar-refractivity contribution in [3.63, 3.8) is 0 Å². The van der Waals surface area contributed by atoms with E-state index in [0.29, 0.717) is 24.5 Å². The summed E-state index contributed by atoms with van der Waals surface area (Å²) in [5.41, 5.74) is 6.29. The zero-order valence-corrected chi connectivity index (χ0v) is 10.9. The summed E-state index contributed by atoms with van der Waals surface area (Å²) < 4.78 is 10.2. The Hall–Kier alpha value is -1.96. The normalized spacial score (nSPS) is 18.9. The second-order valence-electron chi connectivity index (χ2n) is 4.91. The lowest BCUT2D eigenvalue weighted by Crippen LogP contribution is -2.28. The minimum atomic E-state index is -0.659. The molecule has 0 radical (unpaired) electrons. The molecule has 0 amide bonds. The molecule has 0 bridgehead atoms. The van der Waals surface area contributed by atoms with Gasteiger partial charge in [0.2, 0.25) is 0 Å². The Balaban J connectivity index is 2.94. The quantitative estimate of drug-likeness (QED) is 0.467. The average molecular weight is 250 g/mol. The Bertz CT molecular complexity index is 442. The molecule has 0 spiro atoms. The smallest absolute Gasteiger partial charge is 0.349 e. The summed E-state index contributed by atoms with van der Waals surface area (Å²) in [4.78, 5) is 11.5. The van der Waals surface area contributed by atoms with Crippen molar-refractivity contribution in [3.05, 3.63) is 23.1 Å². The second kappa shape index (κ2) is 5.58. The molecule has 1 aliphatic heterocycles. The summed E-state index contributed by atoms with van der Waals surface area (Å²) in [5.74, 6) is -0.271. The molecule has 0 fully saturated rings. The molecule has 0 unspecified atom stereocenters. The minimum Gasteiger partial charge on any atom is -0.491 e.